The minimum atomic E-state index is -3.90. The van der Waals surface area contributed by atoms with E-state index < -0.39 is 16.0 Å². The number of pyridine rings is 1. The lowest BCUT2D eigenvalue weighted by molar-refractivity contribution is 0.0696. The summed E-state index contributed by atoms with van der Waals surface area (Å²) in [5, 5.41) is 11.7. The molecule has 0 amide bonds. The molecule has 0 bridgehead atoms. The Balaban J connectivity index is 2.27. The van der Waals surface area contributed by atoms with E-state index in [1.807, 2.05) is 0 Å². The number of anilines is 1. The van der Waals surface area contributed by atoms with Crippen molar-refractivity contribution in [3.63, 3.8) is 0 Å². The minimum absolute atomic E-state index is 0.0131. The number of carbonyl (C=O) groups is 1. The van der Waals surface area contributed by atoms with Gasteiger partial charge in [-0.1, -0.05) is 5.16 Å². The molecule has 0 aliphatic heterocycles. The first kappa shape index (κ1) is 12.0. The number of aromatic nitrogens is 2. The third-order valence-corrected chi connectivity index (χ3v) is 3.21. The van der Waals surface area contributed by atoms with Gasteiger partial charge >= 0.3 is 5.97 Å². The fourth-order valence-electron chi connectivity index (χ4n) is 1.12. The van der Waals surface area contributed by atoms with Gasteiger partial charge in [-0.25, -0.2) is 9.78 Å². The summed E-state index contributed by atoms with van der Waals surface area (Å²) < 4.78 is 30.1. The van der Waals surface area contributed by atoms with Crippen LogP contribution in [0.25, 0.3) is 0 Å². The van der Waals surface area contributed by atoms with E-state index in [1.54, 1.807) is 0 Å². The Labute approximate surface area is 101 Å². The monoisotopic (exact) mass is 269 g/mol. The normalized spacial score (nSPS) is 11.1. The largest absolute Gasteiger partial charge is 0.478 e. The van der Waals surface area contributed by atoms with Crippen LogP contribution in [0.5, 0.6) is 0 Å². The van der Waals surface area contributed by atoms with Gasteiger partial charge in [-0.2, -0.15) is 8.42 Å². The maximum Gasteiger partial charge on any atom is 0.337 e. The van der Waals surface area contributed by atoms with Gasteiger partial charge in [0.1, 0.15) is 6.26 Å². The summed E-state index contributed by atoms with van der Waals surface area (Å²) in [6, 6.07) is 3.56. The van der Waals surface area contributed by atoms with Gasteiger partial charge in [-0.05, 0) is 12.1 Å². The van der Waals surface area contributed by atoms with Crippen molar-refractivity contribution in [1.29, 1.82) is 0 Å². The second kappa shape index (κ2) is 4.45. The summed E-state index contributed by atoms with van der Waals surface area (Å²) in [5.74, 6) is -1.17. The smallest absolute Gasteiger partial charge is 0.337 e. The number of aromatic carboxylic acids is 1. The van der Waals surface area contributed by atoms with E-state index in [-0.39, 0.29) is 16.4 Å². The first-order valence-corrected chi connectivity index (χ1v) is 6.10. The molecule has 0 aliphatic carbocycles. The average Bonchev–Trinajstić information content (AvgIpc) is 2.81. The van der Waals surface area contributed by atoms with Crippen molar-refractivity contribution >= 4 is 21.8 Å². The van der Waals surface area contributed by atoms with Gasteiger partial charge in [0, 0.05) is 12.3 Å². The predicted octanol–water partition coefficient (Wildman–Crippen LogP) is 0.569. The van der Waals surface area contributed by atoms with E-state index in [9.17, 15) is 13.2 Å². The van der Waals surface area contributed by atoms with Crippen molar-refractivity contribution in [1.82, 2.24) is 10.1 Å². The molecule has 2 heterocycles. The van der Waals surface area contributed by atoms with Crippen LogP contribution < -0.4 is 4.72 Å². The highest BCUT2D eigenvalue weighted by Gasteiger charge is 2.17. The molecule has 9 heteroatoms. The van der Waals surface area contributed by atoms with Crippen molar-refractivity contribution in [3.8, 4) is 0 Å². The lowest BCUT2D eigenvalue weighted by atomic mass is 10.3. The number of nitrogens with zero attached hydrogens (tertiary/aromatic N) is 2. The molecule has 8 nitrogen and oxygen atoms in total. The highest BCUT2D eigenvalue weighted by atomic mass is 32.2. The van der Waals surface area contributed by atoms with Crippen molar-refractivity contribution < 1.29 is 22.8 Å². The topological polar surface area (TPSA) is 122 Å². The van der Waals surface area contributed by atoms with Gasteiger partial charge < -0.3 is 9.63 Å². The van der Waals surface area contributed by atoms with Gasteiger partial charge in [-0.15, -0.1) is 0 Å². The maximum atomic E-state index is 11.8. The third kappa shape index (κ3) is 2.46. The van der Waals surface area contributed by atoms with Crippen LogP contribution in [0.15, 0.2) is 40.2 Å². The van der Waals surface area contributed by atoms with Gasteiger partial charge in [0.15, 0.2) is 10.8 Å². The Morgan fingerprint density at radius 3 is 2.61 bits per heavy atom. The quantitative estimate of drug-likeness (QED) is 0.831. The van der Waals surface area contributed by atoms with Crippen LogP contribution in [-0.4, -0.2) is 29.6 Å². The number of carboxylic acid groups (broad SMARTS) is 1. The second-order valence-corrected chi connectivity index (χ2v) is 4.81. The van der Waals surface area contributed by atoms with E-state index in [0.29, 0.717) is 0 Å². The number of nitrogens with one attached hydrogen (secondary N) is 1. The molecular formula is C9H7N3O5S. The molecule has 18 heavy (non-hydrogen) atoms. The zero-order valence-electron chi connectivity index (χ0n) is 8.77. The van der Waals surface area contributed by atoms with Gasteiger partial charge in [-0.3, -0.25) is 4.72 Å². The van der Waals surface area contributed by atoms with Crippen molar-refractivity contribution in [2.45, 2.75) is 5.03 Å². The van der Waals surface area contributed by atoms with Crippen molar-refractivity contribution in [3.05, 3.63) is 36.2 Å². The Morgan fingerprint density at radius 1 is 1.33 bits per heavy atom. The molecule has 94 valence electrons. The second-order valence-electron chi connectivity index (χ2n) is 3.18. The lowest BCUT2D eigenvalue weighted by Crippen LogP contribution is -2.15. The van der Waals surface area contributed by atoms with E-state index in [2.05, 4.69) is 19.4 Å². The molecule has 2 rings (SSSR count). The standard InChI is InChI=1S/C9H7N3O5S/c13-9(14)6-1-2-8(10-5-6)18(15,16)12-7-3-4-17-11-7/h1-5H,(H,11,12)(H,13,14). The Bertz CT molecular complexity index is 648. The third-order valence-electron chi connectivity index (χ3n) is 1.94. The molecule has 0 fully saturated rings. The highest BCUT2D eigenvalue weighted by molar-refractivity contribution is 7.92. The van der Waals surface area contributed by atoms with E-state index >= 15 is 0 Å². The molecule has 0 spiro atoms. The van der Waals surface area contributed by atoms with E-state index in [1.165, 1.54) is 12.3 Å². The summed E-state index contributed by atoms with van der Waals surface area (Å²) in [6.07, 6.45) is 2.17. The number of hydrogen-bond acceptors (Lipinski definition) is 6. The Kier molecular flexibility index (Phi) is 2.98. The molecule has 0 aromatic carbocycles. The number of rotatable bonds is 4. The Hall–Kier alpha value is -2.42. The van der Waals surface area contributed by atoms with Crippen molar-refractivity contribution in [2.75, 3.05) is 4.72 Å². The van der Waals surface area contributed by atoms with Crippen LogP contribution in [0.2, 0.25) is 0 Å². The van der Waals surface area contributed by atoms with Crippen molar-refractivity contribution in [2.24, 2.45) is 0 Å². The van der Waals surface area contributed by atoms with E-state index in [4.69, 9.17) is 5.11 Å². The first-order valence-electron chi connectivity index (χ1n) is 4.61. The van der Waals surface area contributed by atoms with Gasteiger partial charge in [0.2, 0.25) is 0 Å². The molecule has 0 aliphatic rings. The Morgan fingerprint density at radius 2 is 2.11 bits per heavy atom. The van der Waals surface area contributed by atoms with Crippen LogP contribution in [0.3, 0.4) is 0 Å². The molecule has 2 aromatic heterocycles. The zero-order valence-corrected chi connectivity index (χ0v) is 9.59. The zero-order chi connectivity index (χ0) is 13.2. The molecule has 0 saturated heterocycles. The molecule has 0 radical (unpaired) electrons. The molecule has 0 saturated carbocycles. The summed E-state index contributed by atoms with van der Waals surface area (Å²) >= 11 is 0. The van der Waals surface area contributed by atoms with E-state index in [0.717, 1.165) is 18.3 Å². The minimum Gasteiger partial charge on any atom is -0.478 e. The first-order chi connectivity index (χ1) is 8.49. The summed E-state index contributed by atoms with van der Waals surface area (Å²) in [7, 11) is -3.90. The fourth-order valence-corrected chi connectivity index (χ4v) is 2.04. The van der Waals surface area contributed by atoms with Gasteiger partial charge in [0.25, 0.3) is 10.0 Å². The van der Waals surface area contributed by atoms with Gasteiger partial charge in [0.05, 0.1) is 5.56 Å². The summed E-state index contributed by atoms with van der Waals surface area (Å²) in [6.45, 7) is 0. The summed E-state index contributed by atoms with van der Waals surface area (Å²) in [5.41, 5.74) is -0.101. The SMILES string of the molecule is O=C(O)c1ccc(S(=O)(=O)Nc2ccon2)nc1. The predicted molar refractivity (Wildman–Crippen MR) is 58.5 cm³/mol. The van der Waals surface area contributed by atoms with Crippen LogP contribution in [0, 0.1) is 0 Å². The average molecular weight is 269 g/mol. The lowest BCUT2D eigenvalue weighted by Gasteiger charge is -2.03. The fraction of sp³-hybridized carbons (Fsp3) is 0. The number of carboxylic acids is 1. The maximum absolute atomic E-state index is 11.8. The highest BCUT2D eigenvalue weighted by Crippen LogP contribution is 2.12. The molecule has 0 unspecified atom stereocenters. The van der Waals surface area contributed by atoms with Crippen LogP contribution in [0.4, 0.5) is 5.82 Å². The molecule has 2 aromatic rings. The molecule has 2 N–H and O–H groups in total. The number of sulfonamides is 1. The van der Waals surface area contributed by atoms with Crippen LogP contribution >= 0.6 is 0 Å². The molecular weight excluding hydrogens is 262 g/mol. The van der Waals surface area contributed by atoms with Crippen LogP contribution in [0.1, 0.15) is 10.4 Å². The van der Waals surface area contributed by atoms with Crippen LogP contribution in [-0.2, 0) is 10.0 Å². The summed E-state index contributed by atoms with van der Waals surface area (Å²) in [4.78, 5) is 14.2. The number of hydrogen-bond donors (Lipinski definition) is 2. The molecule has 0 atom stereocenters.